The first kappa shape index (κ1) is 26.5. The first-order chi connectivity index (χ1) is 16.3. The highest BCUT2D eigenvalue weighted by Crippen LogP contribution is 2.36. The van der Waals surface area contributed by atoms with Crippen molar-refractivity contribution >= 4 is 50.5 Å². The van der Waals surface area contributed by atoms with Gasteiger partial charge >= 0.3 is 12.1 Å². The Morgan fingerprint density at radius 2 is 1.77 bits per heavy atom. The number of anilines is 1. The van der Waals surface area contributed by atoms with Gasteiger partial charge in [0.2, 0.25) is 0 Å². The van der Waals surface area contributed by atoms with E-state index in [0.717, 1.165) is 6.07 Å². The molecule has 7 nitrogen and oxygen atoms in total. The molecule has 3 N–H and O–H groups in total. The number of carboxylic acids is 1. The maximum Gasteiger partial charge on any atom is 0.416 e. The molecule has 2 aromatic carbocycles. The number of sulfonamides is 1. The number of amides is 1. The molecule has 186 valence electrons. The zero-order valence-corrected chi connectivity index (χ0v) is 20.3. The monoisotopic (exact) mass is 546 g/mol. The molecule has 1 heterocycles. The van der Waals surface area contributed by atoms with Crippen LogP contribution in [0, 0.1) is 6.92 Å². The number of carbonyl (C=O) groups is 2. The van der Waals surface area contributed by atoms with E-state index in [1.54, 1.807) is 30.3 Å². The molecule has 0 bridgehead atoms. The van der Waals surface area contributed by atoms with E-state index in [4.69, 9.17) is 11.6 Å². The number of carboxylic acid groups (broad SMARTS) is 1. The van der Waals surface area contributed by atoms with Gasteiger partial charge in [0.15, 0.2) is 0 Å². The third-order valence-corrected chi connectivity index (χ3v) is 8.33. The molecule has 0 radical (unpaired) electrons. The highest BCUT2D eigenvalue weighted by molar-refractivity contribution is 7.94. The van der Waals surface area contributed by atoms with E-state index in [-0.39, 0.29) is 26.1 Å². The van der Waals surface area contributed by atoms with E-state index in [2.05, 4.69) is 5.32 Å². The third kappa shape index (κ3) is 6.53. The Bertz CT molecular complexity index is 1360. The summed E-state index contributed by atoms with van der Waals surface area (Å²) in [5.41, 5.74) is -0.756. The van der Waals surface area contributed by atoms with Crippen LogP contribution >= 0.6 is 22.9 Å². The first-order valence-corrected chi connectivity index (χ1v) is 12.5. The quantitative estimate of drug-likeness (QED) is 0.370. The van der Waals surface area contributed by atoms with Crippen molar-refractivity contribution < 1.29 is 36.3 Å². The number of alkyl halides is 3. The summed E-state index contributed by atoms with van der Waals surface area (Å²) < 4.78 is 66.5. The number of rotatable bonds is 8. The Balaban J connectivity index is 1.83. The lowest BCUT2D eigenvalue weighted by molar-refractivity contribution is -0.139. The summed E-state index contributed by atoms with van der Waals surface area (Å²) in [4.78, 5) is 24.2. The van der Waals surface area contributed by atoms with Gasteiger partial charge in [0, 0.05) is 6.42 Å². The van der Waals surface area contributed by atoms with Crippen LogP contribution in [0.25, 0.3) is 0 Å². The molecule has 3 rings (SSSR count). The molecule has 1 aromatic heterocycles. The topological polar surface area (TPSA) is 113 Å². The number of halogens is 4. The molecule has 35 heavy (non-hydrogen) atoms. The number of hydrogen-bond acceptors (Lipinski definition) is 5. The number of carbonyl (C=O) groups excluding carboxylic acids is 1. The Kier molecular flexibility index (Phi) is 7.77. The number of aryl methyl sites for hydroxylation is 1. The summed E-state index contributed by atoms with van der Waals surface area (Å²) >= 11 is 6.43. The number of hydrogen-bond donors (Lipinski definition) is 3. The smallest absolute Gasteiger partial charge is 0.416 e. The molecular weight excluding hydrogens is 529 g/mol. The van der Waals surface area contributed by atoms with Crippen molar-refractivity contribution in [1.29, 1.82) is 0 Å². The van der Waals surface area contributed by atoms with Gasteiger partial charge < -0.3 is 10.4 Å². The van der Waals surface area contributed by atoms with Gasteiger partial charge in [-0.15, -0.1) is 11.3 Å². The van der Waals surface area contributed by atoms with E-state index in [1.165, 1.54) is 13.0 Å². The molecule has 0 fully saturated rings. The van der Waals surface area contributed by atoms with Crippen LogP contribution in [0.4, 0.5) is 18.9 Å². The fourth-order valence-electron chi connectivity index (χ4n) is 3.09. The van der Waals surface area contributed by atoms with Crippen LogP contribution in [0.5, 0.6) is 0 Å². The maximum atomic E-state index is 13.0. The molecule has 0 saturated heterocycles. The average molecular weight is 547 g/mol. The summed E-state index contributed by atoms with van der Waals surface area (Å²) in [6.45, 7) is 1.40. The van der Waals surface area contributed by atoms with Crippen molar-refractivity contribution in [2.45, 2.75) is 29.8 Å². The maximum absolute atomic E-state index is 13.0. The average Bonchev–Trinajstić information content (AvgIpc) is 3.17. The SMILES string of the molecule is Cc1cc(C(=O)N[C@@H](Cc2ccccc2)C(=O)O)sc1S(=O)(=O)Nc1cc(C(F)(F)F)ccc1Cl. The van der Waals surface area contributed by atoms with Gasteiger partial charge in [-0.25, -0.2) is 13.2 Å². The number of thiophene rings is 1. The Morgan fingerprint density at radius 3 is 2.37 bits per heavy atom. The largest absolute Gasteiger partial charge is 0.480 e. The molecule has 0 aliphatic heterocycles. The lowest BCUT2D eigenvalue weighted by atomic mass is 10.1. The van der Waals surface area contributed by atoms with Crippen LogP contribution in [0.2, 0.25) is 5.02 Å². The second-order valence-electron chi connectivity index (χ2n) is 7.43. The molecule has 0 aliphatic carbocycles. The zero-order chi connectivity index (χ0) is 26.0. The molecule has 13 heteroatoms. The number of benzene rings is 2. The standard InChI is InChI=1S/C22H18ClF3N2O5S2/c1-12-9-18(19(29)27-17(20(30)31)10-13-5-3-2-4-6-13)34-21(12)35(32,33)28-16-11-14(22(24,25)26)7-8-15(16)23/h2-9,11,17,28H,10H2,1H3,(H,27,29)(H,30,31)/t17-/m0/s1. The van der Waals surface area contributed by atoms with E-state index in [0.29, 0.717) is 29.0 Å². The molecule has 0 unspecified atom stereocenters. The second kappa shape index (κ2) is 10.3. The van der Waals surface area contributed by atoms with Crippen LogP contribution < -0.4 is 10.0 Å². The Hall–Kier alpha value is -3.09. The van der Waals surface area contributed by atoms with Crippen molar-refractivity contribution in [1.82, 2.24) is 5.32 Å². The first-order valence-electron chi connectivity index (χ1n) is 9.85. The van der Waals surface area contributed by atoms with E-state index in [9.17, 15) is 36.3 Å². The van der Waals surface area contributed by atoms with Crippen LogP contribution in [-0.4, -0.2) is 31.4 Å². The van der Waals surface area contributed by atoms with E-state index in [1.807, 2.05) is 4.72 Å². The van der Waals surface area contributed by atoms with Gasteiger partial charge in [0.1, 0.15) is 10.3 Å². The lowest BCUT2D eigenvalue weighted by Crippen LogP contribution is -2.42. The highest BCUT2D eigenvalue weighted by Gasteiger charge is 2.32. The van der Waals surface area contributed by atoms with E-state index < -0.39 is 45.4 Å². The molecule has 0 saturated carbocycles. The summed E-state index contributed by atoms with van der Waals surface area (Å²) in [5.74, 6) is -2.08. The molecular formula is C22H18ClF3N2O5S2. The number of aliphatic carboxylic acids is 1. The minimum Gasteiger partial charge on any atom is -0.480 e. The van der Waals surface area contributed by atoms with E-state index >= 15 is 0 Å². The van der Waals surface area contributed by atoms with Crippen LogP contribution in [-0.2, 0) is 27.4 Å². The Morgan fingerprint density at radius 1 is 1.11 bits per heavy atom. The van der Waals surface area contributed by atoms with Crippen LogP contribution in [0.15, 0.2) is 58.8 Å². The van der Waals surface area contributed by atoms with Gasteiger partial charge in [0.05, 0.1) is 21.2 Å². The fraction of sp³-hybridized carbons (Fsp3) is 0.182. The summed E-state index contributed by atoms with van der Waals surface area (Å²) in [6, 6.07) is 10.8. The zero-order valence-electron chi connectivity index (χ0n) is 17.9. The third-order valence-electron chi connectivity index (χ3n) is 4.76. The fourth-order valence-corrected chi connectivity index (χ4v) is 5.99. The number of nitrogens with one attached hydrogen (secondary N) is 2. The molecule has 3 aromatic rings. The van der Waals surface area contributed by atoms with Crippen molar-refractivity contribution in [2.24, 2.45) is 0 Å². The highest BCUT2D eigenvalue weighted by atomic mass is 35.5. The molecule has 0 spiro atoms. The second-order valence-corrected chi connectivity index (χ2v) is 10.8. The van der Waals surface area contributed by atoms with Crippen molar-refractivity contribution in [3.05, 3.63) is 81.2 Å². The van der Waals surface area contributed by atoms with Crippen molar-refractivity contribution in [2.75, 3.05) is 4.72 Å². The van der Waals surface area contributed by atoms with Crippen molar-refractivity contribution in [3.63, 3.8) is 0 Å². The Labute approximate surface area is 207 Å². The predicted octanol–water partition coefficient (Wildman–Crippen LogP) is 4.96. The molecule has 0 aliphatic rings. The van der Waals surface area contributed by atoms with Gasteiger partial charge in [-0.2, -0.15) is 13.2 Å². The minimum absolute atomic E-state index is 0.00697. The normalized spacial score (nSPS) is 12.7. The summed E-state index contributed by atoms with van der Waals surface area (Å²) in [5, 5.41) is 11.6. The summed E-state index contributed by atoms with van der Waals surface area (Å²) in [7, 11) is -4.41. The van der Waals surface area contributed by atoms with Gasteiger partial charge in [-0.3, -0.25) is 9.52 Å². The van der Waals surface area contributed by atoms with Gasteiger partial charge in [-0.05, 0) is 42.3 Å². The molecule has 1 amide bonds. The van der Waals surface area contributed by atoms with Crippen molar-refractivity contribution in [3.8, 4) is 0 Å². The predicted molar refractivity (Wildman–Crippen MR) is 125 cm³/mol. The van der Waals surface area contributed by atoms with Crippen LogP contribution in [0.3, 0.4) is 0 Å². The lowest BCUT2D eigenvalue weighted by Gasteiger charge is -2.14. The summed E-state index contributed by atoms with van der Waals surface area (Å²) in [6.07, 6.45) is -4.71. The van der Waals surface area contributed by atoms with Gasteiger partial charge in [0.25, 0.3) is 15.9 Å². The van der Waals surface area contributed by atoms with Crippen LogP contribution in [0.1, 0.15) is 26.4 Å². The molecule has 1 atom stereocenters. The van der Waals surface area contributed by atoms with Gasteiger partial charge in [-0.1, -0.05) is 41.9 Å². The minimum atomic E-state index is -4.71.